The molecule has 1 N–H and O–H groups in total. The fourth-order valence-electron chi connectivity index (χ4n) is 2.48. The SMILES string of the molecule is S=c1[nH]nc(COc2ccc(Br)cc2-c2ccn(-c3ccccc3)n2)o1. The second-order valence-electron chi connectivity index (χ2n) is 5.42. The summed E-state index contributed by atoms with van der Waals surface area (Å²) in [4.78, 5) is 0.223. The van der Waals surface area contributed by atoms with E-state index in [9.17, 15) is 0 Å². The Bertz CT molecular complexity index is 1090. The molecular weight excluding hydrogens is 416 g/mol. The lowest BCUT2D eigenvalue weighted by atomic mass is 10.1. The zero-order chi connectivity index (χ0) is 17.9. The fraction of sp³-hybridized carbons (Fsp3) is 0.0556. The summed E-state index contributed by atoms with van der Waals surface area (Å²) in [7, 11) is 0. The summed E-state index contributed by atoms with van der Waals surface area (Å²) in [5.41, 5.74) is 2.65. The molecule has 0 bridgehead atoms. The predicted molar refractivity (Wildman–Crippen MR) is 103 cm³/mol. The van der Waals surface area contributed by atoms with Crippen molar-refractivity contribution in [1.82, 2.24) is 20.0 Å². The van der Waals surface area contributed by atoms with Crippen molar-refractivity contribution in [2.45, 2.75) is 6.61 Å². The predicted octanol–water partition coefficient (Wildman–Crippen LogP) is 4.93. The van der Waals surface area contributed by atoms with Crippen molar-refractivity contribution < 1.29 is 9.15 Å². The number of rotatable bonds is 5. The second-order valence-corrected chi connectivity index (χ2v) is 6.70. The monoisotopic (exact) mass is 428 g/mol. The highest BCUT2D eigenvalue weighted by atomic mass is 79.9. The molecule has 0 unspecified atom stereocenters. The van der Waals surface area contributed by atoms with Gasteiger partial charge in [-0.1, -0.05) is 34.1 Å². The largest absolute Gasteiger partial charge is 0.483 e. The van der Waals surface area contributed by atoms with Crippen LogP contribution in [0.15, 0.2) is 69.7 Å². The molecule has 2 heterocycles. The average Bonchev–Trinajstić information content (AvgIpc) is 3.30. The molecule has 4 aromatic rings. The van der Waals surface area contributed by atoms with E-state index in [1.54, 1.807) is 0 Å². The van der Waals surface area contributed by atoms with Gasteiger partial charge in [-0.3, -0.25) is 0 Å². The van der Waals surface area contributed by atoms with Crippen LogP contribution in [0.1, 0.15) is 5.89 Å². The summed E-state index contributed by atoms with van der Waals surface area (Å²) in [6.45, 7) is 0.168. The molecule has 8 heteroatoms. The van der Waals surface area contributed by atoms with Gasteiger partial charge in [-0.15, -0.1) is 5.10 Å². The summed E-state index contributed by atoms with van der Waals surface area (Å²) in [6.07, 6.45) is 1.92. The maximum absolute atomic E-state index is 5.87. The third-order valence-corrected chi connectivity index (χ3v) is 4.33. The van der Waals surface area contributed by atoms with Crippen molar-refractivity contribution in [2.24, 2.45) is 0 Å². The zero-order valence-electron chi connectivity index (χ0n) is 13.4. The molecule has 2 aromatic carbocycles. The molecular formula is C18H13BrN4O2S. The van der Waals surface area contributed by atoms with Gasteiger partial charge in [0, 0.05) is 16.2 Å². The van der Waals surface area contributed by atoms with Crippen molar-refractivity contribution >= 4 is 28.1 Å². The molecule has 4 rings (SSSR count). The van der Waals surface area contributed by atoms with Gasteiger partial charge in [0.1, 0.15) is 5.75 Å². The summed E-state index contributed by atoms with van der Waals surface area (Å²) >= 11 is 8.38. The van der Waals surface area contributed by atoms with E-state index >= 15 is 0 Å². The molecule has 0 aliphatic carbocycles. The number of nitrogens with one attached hydrogen (secondary N) is 1. The molecule has 0 saturated carbocycles. The molecule has 0 radical (unpaired) electrons. The molecule has 0 aliphatic rings. The Labute approximate surface area is 162 Å². The quantitative estimate of drug-likeness (QED) is 0.456. The van der Waals surface area contributed by atoms with E-state index in [2.05, 4.69) is 31.2 Å². The molecule has 0 amide bonds. The van der Waals surface area contributed by atoms with Gasteiger partial charge in [0.25, 0.3) is 10.7 Å². The lowest BCUT2D eigenvalue weighted by molar-refractivity contribution is 0.262. The molecule has 26 heavy (non-hydrogen) atoms. The van der Waals surface area contributed by atoms with Crippen LogP contribution in [0.4, 0.5) is 0 Å². The van der Waals surface area contributed by atoms with Crippen LogP contribution in [0.2, 0.25) is 0 Å². The maximum Gasteiger partial charge on any atom is 0.284 e. The molecule has 0 spiro atoms. The first-order valence-electron chi connectivity index (χ1n) is 7.77. The molecule has 0 saturated heterocycles. The van der Waals surface area contributed by atoms with Gasteiger partial charge in [-0.25, -0.2) is 9.78 Å². The van der Waals surface area contributed by atoms with Crippen molar-refractivity contribution in [1.29, 1.82) is 0 Å². The van der Waals surface area contributed by atoms with Crippen molar-refractivity contribution in [3.8, 4) is 22.7 Å². The number of para-hydroxylation sites is 1. The van der Waals surface area contributed by atoms with Gasteiger partial charge < -0.3 is 9.15 Å². The summed E-state index contributed by atoms with van der Waals surface area (Å²) in [5, 5.41) is 11.2. The normalized spacial score (nSPS) is 10.8. The first-order chi connectivity index (χ1) is 12.7. The lowest BCUT2D eigenvalue weighted by Gasteiger charge is -2.09. The Kier molecular flexibility index (Phi) is 4.68. The van der Waals surface area contributed by atoms with Crippen LogP contribution in [0.3, 0.4) is 0 Å². The van der Waals surface area contributed by atoms with E-state index in [-0.39, 0.29) is 11.4 Å². The van der Waals surface area contributed by atoms with Gasteiger partial charge in [-0.05, 0) is 48.6 Å². The molecule has 0 fully saturated rings. The molecule has 6 nitrogen and oxygen atoms in total. The number of H-pyrrole nitrogens is 1. The number of aromatic amines is 1. The Morgan fingerprint density at radius 2 is 2.00 bits per heavy atom. The van der Waals surface area contributed by atoms with Crippen molar-refractivity contribution in [2.75, 3.05) is 0 Å². The summed E-state index contributed by atoms with van der Waals surface area (Å²) in [5.74, 6) is 1.06. The minimum atomic E-state index is 0.168. The van der Waals surface area contributed by atoms with E-state index in [0.29, 0.717) is 11.6 Å². The van der Waals surface area contributed by atoms with E-state index in [0.717, 1.165) is 21.4 Å². The fourth-order valence-corrected chi connectivity index (χ4v) is 2.99. The Hall–Kier alpha value is -2.71. The first kappa shape index (κ1) is 16.7. The van der Waals surface area contributed by atoms with Gasteiger partial charge >= 0.3 is 0 Å². The summed E-state index contributed by atoms with van der Waals surface area (Å²) < 4.78 is 13.9. The van der Waals surface area contributed by atoms with Crippen LogP contribution in [0.25, 0.3) is 16.9 Å². The highest BCUT2D eigenvalue weighted by Crippen LogP contribution is 2.32. The molecule has 0 atom stereocenters. The van der Waals surface area contributed by atoms with Crippen LogP contribution in [-0.4, -0.2) is 20.0 Å². The van der Waals surface area contributed by atoms with Gasteiger partial charge in [0.15, 0.2) is 6.61 Å². The van der Waals surface area contributed by atoms with Crippen LogP contribution in [-0.2, 0) is 6.61 Å². The number of hydrogen-bond donors (Lipinski definition) is 1. The van der Waals surface area contributed by atoms with Gasteiger partial charge in [0.2, 0.25) is 0 Å². The van der Waals surface area contributed by atoms with Gasteiger partial charge in [-0.2, -0.15) is 5.10 Å². The topological polar surface area (TPSA) is 68.9 Å². The maximum atomic E-state index is 5.87. The summed E-state index contributed by atoms with van der Waals surface area (Å²) in [6, 6.07) is 17.6. The average molecular weight is 429 g/mol. The van der Waals surface area contributed by atoms with Gasteiger partial charge in [0.05, 0.1) is 11.4 Å². The number of aromatic nitrogens is 4. The third kappa shape index (κ3) is 3.61. The zero-order valence-corrected chi connectivity index (χ0v) is 15.8. The van der Waals surface area contributed by atoms with Crippen LogP contribution >= 0.6 is 28.1 Å². The highest BCUT2D eigenvalue weighted by molar-refractivity contribution is 9.10. The molecule has 2 aromatic heterocycles. The first-order valence-corrected chi connectivity index (χ1v) is 8.97. The van der Waals surface area contributed by atoms with E-state index < -0.39 is 0 Å². The Morgan fingerprint density at radius 1 is 1.15 bits per heavy atom. The Morgan fingerprint density at radius 3 is 2.77 bits per heavy atom. The van der Waals surface area contributed by atoms with E-state index in [1.165, 1.54) is 0 Å². The van der Waals surface area contributed by atoms with Crippen molar-refractivity contribution in [3.63, 3.8) is 0 Å². The number of halogens is 1. The second kappa shape index (κ2) is 7.27. The number of ether oxygens (including phenoxy) is 1. The van der Waals surface area contributed by atoms with Crippen LogP contribution in [0, 0.1) is 4.84 Å². The lowest BCUT2D eigenvalue weighted by Crippen LogP contribution is -1.98. The van der Waals surface area contributed by atoms with E-state index in [4.69, 9.17) is 21.4 Å². The number of benzene rings is 2. The number of nitrogens with zero attached hydrogens (tertiary/aromatic N) is 3. The van der Waals surface area contributed by atoms with Crippen LogP contribution in [0.5, 0.6) is 5.75 Å². The minimum absolute atomic E-state index is 0.168. The Balaban J connectivity index is 1.64. The minimum Gasteiger partial charge on any atom is -0.483 e. The molecule has 0 aliphatic heterocycles. The van der Waals surface area contributed by atoms with Crippen molar-refractivity contribution in [3.05, 3.63) is 76.0 Å². The van der Waals surface area contributed by atoms with E-state index in [1.807, 2.05) is 65.5 Å². The third-order valence-electron chi connectivity index (χ3n) is 3.66. The molecule has 130 valence electrons. The highest BCUT2D eigenvalue weighted by Gasteiger charge is 2.12. The number of hydrogen-bond acceptors (Lipinski definition) is 5. The smallest absolute Gasteiger partial charge is 0.284 e. The standard InChI is InChI=1S/C18H13BrN4O2S/c19-12-6-7-16(24-11-17-20-21-18(26)25-17)14(10-12)15-8-9-23(22-15)13-4-2-1-3-5-13/h1-10H,11H2,(H,21,26). The van der Waals surface area contributed by atoms with Crippen LogP contribution < -0.4 is 4.74 Å².